The van der Waals surface area contributed by atoms with Gasteiger partial charge in [0.05, 0.1) is 0 Å². The van der Waals surface area contributed by atoms with Crippen LogP contribution >= 0.6 is 0 Å². The third kappa shape index (κ3) is 2.31. The second kappa shape index (κ2) is 5.76. The average Bonchev–Trinajstić information content (AvgIpc) is 2.88. The molecule has 0 heterocycles. The minimum atomic E-state index is -0.478. The molecule has 4 nitrogen and oxygen atoms in total. The van der Waals surface area contributed by atoms with E-state index in [1.807, 2.05) is 6.92 Å². The van der Waals surface area contributed by atoms with Gasteiger partial charge in [-0.2, -0.15) is 0 Å². The van der Waals surface area contributed by atoms with Crippen molar-refractivity contribution in [3.63, 3.8) is 0 Å². The lowest BCUT2D eigenvalue weighted by Gasteiger charge is -2.57. The highest BCUT2D eigenvalue weighted by atomic mass is 16.5. The SMILES string of the molecule is C=C1C[C@@H]2[C@H](CC[C@]3(C)C(=O)CC[C@@H]23)[C@@]2(C)C(C)=CC(=O)C(OC(C)=O)=C12. The summed E-state index contributed by atoms with van der Waals surface area (Å²) in [5.74, 6) is 0.940. The van der Waals surface area contributed by atoms with Crippen molar-refractivity contribution in [1.82, 2.24) is 0 Å². The highest BCUT2D eigenvalue weighted by Crippen LogP contribution is 2.66. The summed E-state index contributed by atoms with van der Waals surface area (Å²) in [5, 5.41) is 0. The lowest BCUT2D eigenvalue weighted by molar-refractivity contribution is -0.140. The average molecular weight is 368 g/mol. The molecule has 144 valence electrons. The number of hydrogen-bond acceptors (Lipinski definition) is 4. The summed E-state index contributed by atoms with van der Waals surface area (Å²) in [7, 11) is 0. The minimum Gasteiger partial charge on any atom is -0.422 e. The first kappa shape index (κ1) is 18.4. The highest BCUT2D eigenvalue weighted by molar-refractivity contribution is 6.07. The molecule has 0 radical (unpaired) electrons. The van der Waals surface area contributed by atoms with Gasteiger partial charge in [0.1, 0.15) is 5.78 Å². The molecule has 0 amide bonds. The number of allylic oxidation sites excluding steroid dienone is 4. The van der Waals surface area contributed by atoms with Crippen molar-refractivity contribution in [3.05, 3.63) is 35.1 Å². The molecular weight excluding hydrogens is 340 g/mol. The van der Waals surface area contributed by atoms with Crippen LogP contribution in [0.1, 0.15) is 59.8 Å². The minimum absolute atomic E-state index is 0.162. The summed E-state index contributed by atoms with van der Waals surface area (Å²) in [5.41, 5.74) is 2.14. The Morgan fingerprint density at radius 3 is 2.59 bits per heavy atom. The van der Waals surface area contributed by atoms with Gasteiger partial charge in [-0.3, -0.25) is 14.4 Å². The van der Waals surface area contributed by atoms with Gasteiger partial charge in [-0.25, -0.2) is 0 Å². The van der Waals surface area contributed by atoms with Gasteiger partial charge in [-0.05, 0) is 62.0 Å². The first-order valence-electron chi connectivity index (χ1n) is 9.98. The molecule has 5 atom stereocenters. The van der Waals surface area contributed by atoms with E-state index in [0.29, 0.717) is 30.0 Å². The predicted molar refractivity (Wildman–Crippen MR) is 101 cm³/mol. The Morgan fingerprint density at radius 1 is 1.22 bits per heavy atom. The smallest absolute Gasteiger partial charge is 0.308 e. The van der Waals surface area contributed by atoms with E-state index in [1.165, 1.54) is 6.92 Å². The zero-order valence-electron chi connectivity index (χ0n) is 16.7. The molecule has 4 aliphatic carbocycles. The predicted octanol–water partition coefficient (Wildman–Crippen LogP) is 4.31. The Morgan fingerprint density at radius 2 is 1.93 bits per heavy atom. The van der Waals surface area contributed by atoms with Crippen LogP contribution in [0.2, 0.25) is 0 Å². The van der Waals surface area contributed by atoms with E-state index >= 15 is 0 Å². The molecule has 0 aromatic rings. The van der Waals surface area contributed by atoms with Crippen LogP contribution in [0.5, 0.6) is 0 Å². The highest BCUT2D eigenvalue weighted by Gasteiger charge is 2.61. The maximum absolute atomic E-state index is 12.6. The molecule has 4 rings (SSSR count). The molecule has 0 unspecified atom stereocenters. The fourth-order valence-corrected chi connectivity index (χ4v) is 6.67. The van der Waals surface area contributed by atoms with E-state index in [-0.39, 0.29) is 22.4 Å². The standard InChI is InChI=1S/C23H28O4/c1-12-10-15-16-6-7-19(26)22(16,4)9-8-17(15)23(5)13(2)11-18(25)21(20(12)23)27-14(3)24/h11,15-17H,1,6-10H2,2-5H3/t15-,16-,17-,22-,23+/m0/s1. The molecule has 0 aromatic carbocycles. The van der Waals surface area contributed by atoms with E-state index in [9.17, 15) is 14.4 Å². The monoisotopic (exact) mass is 368 g/mol. The molecule has 0 N–H and O–H groups in total. The van der Waals surface area contributed by atoms with E-state index in [0.717, 1.165) is 42.4 Å². The molecule has 4 aliphatic rings. The van der Waals surface area contributed by atoms with Gasteiger partial charge in [0.25, 0.3) is 0 Å². The van der Waals surface area contributed by atoms with Crippen molar-refractivity contribution in [3.8, 4) is 0 Å². The van der Waals surface area contributed by atoms with Crippen LogP contribution in [-0.4, -0.2) is 17.5 Å². The van der Waals surface area contributed by atoms with Gasteiger partial charge in [0, 0.05) is 29.7 Å². The molecule has 0 bridgehead atoms. The number of hydrogen-bond donors (Lipinski definition) is 0. The van der Waals surface area contributed by atoms with Crippen LogP contribution in [0.4, 0.5) is 0 Å². The van der Waals surface area contributed by atoms with E-state index in [2.05, 4.69) is 20.4 Å². The maximum Gasteiger partial charge on any atom is 0.308 e. The van der Waals surface area contributed by atoms with Crippen LogP contribution in [0, 0.1) is 28.6 Å². The molecule has 0 saturated heterocycles. The number of rotatable bonds is 1. The lowest BCUT2D eigenvalue weighted by Crippen LogP contribution is -2.52. The zero-order valence-corrected chi connectivity index (χ0v) is 16.7. The molecule has 3 saturated carbocycles. The zero-order chi connectivity index (χ0) is 19.7. The summed E-state index contributed by atoms with van der Waals surface area (Å²) in [6.45, 7) is 12.0. The van der Waals surface area contributed by atoms with Crippen molar-refractivity contribution >= 4 is 17.5 Å². The number of esters is 1. The number of fused-ring (bicyclic) bond motifs is 5. The summed E-state index contributed by atoms with van der Waals surface area (Å²) in [4.78, 5) is 36.8. The summed E-state index contributed by atoms with van der Waals surface area (Å²) < 4.78 is 5.39. The third-order valence-corrected chi connectivity index (χ3v) is 8.11. The quantitative estimate of drug-likeness (QED) is 0.647. The van der Waals surface area contributed by atoms with Crippen LogP contribution < -0.4 is 0 Å². The summed E-state index contributed by atoms with van der Waals surface area (Å²) in [6.07, 6.45) is 5.89. The number of carbonyl (C=O) groups excluding carboxylic acids is 3. The van der Waals surface area contributed by atoms with Crippen LogP contribution in [0.3, 0.4) is 0 Å². The number of ketones is 2. The Balaban J connectivity index is 1.84. The fourth-order valence-electron chi connectivity index (χ4n) is 6.67. The lowest BCUT2D eigenvalue weighted by atomic mass is 9.46. The summed E-state index contributed by atoms with van der Waals surface area (Å²) in [6, 6.07) is 0. The Bertz CT molecular complexity index is 844. The molecule has 4 heteroatoms. The summed E-state index contributed by atoms with van der Waals surface area (Å²) >= 11 is 0. The van der Waals surface area contributed by atoms with Crippen LogP contribution in [-0.2, 0) is 19.1 Å². The fraction of sp³-hybridized carbons (Fsp3) is 0.609. The van der Waals surface area contributed by atoms with Crippen LogP contribution in [0.15, 0.2) is 35.1 Å². The maximum atomic E-state index is 12.6. The molecule has 0 aromatic heterocycles. The van der Waals surface area contributed by atoms with E-state index in [4.69, 9.17) is 4.74 Å². The van der Waals surface area contributed by atoms with Gasteiger partial charge < -0.3 is 4.74 Å². The normalized spacial score (nSPS) is 41.0. The Labute approximate surface area is 160 Å². The largest absolute Gasteiger partial charge is 0.422 e. The van der Waals surface area contributed by atoms with Crippen molar-refractivity contribution in [2.45, 2.75) is 59.8 Å². The Hall–Kier alpha value is -1.97. The molecule has 3 fully saturated rings. The van der Waals surface area contributed by atoms with Gasteiger partial charge in [0.2, 0.25) is 5.78 Å². The molecule has 0 spiro atoms. The van der Waals surface area contributed by atoms with E-state index < -0.39 is 5.97 Å². The number of Topliss-reactive ketones (excluding diaryl/α,β-unsaturated/α-hetero) is 1. The van der Waals surface area contributed by atoms with Crippen molar-refractivity contribution in [2.75, 3.05) is 0 Å². The van der Waals surface area contributed by atoms with E-state index in [1.54, 1.807) is 6.08 Å². The number of carbonyl (C=O) groups is 3. The first-order chi connectivity index (χ1) is 12.6. The van der Waals surface area contributed by atoms with Crippen molar-refractivity contribution in [2.24, 2.45) is 28.6 Å². The van der Waals surface area contributed by atoms with Crippen molar-refractivity contribution < 1.29 is 19.1 Å². The van der Waals surface area contributed by atoms with Gasteiger partial charge in [-0.15, -0.1) is 0 Å². The first-order valence-corrected chi connectivity index (χ1v) is 9.98. The topological polar surface area (TPSA) is 60.4 Å². The molecular formula is C23H28O4. The van der Waals surface area contributed by atoms with Gasteiger partial charge in [0.15, 0.2) is 5.76 Å². The second-order valence-electron chi connectivity index (χ2n) is 9.29. The van der Waals surface area contributed by atoms with Crippen LogP contribution in [0.25, 0.3) is 0 Å². The molecule has 27 heavy (non-hydrogen) atoms. The van der Waals surface area contributed by atoms with Gasteiger partial charge >= 0.3 is 5.97 Å². The van der Waals surface area contributed by atoms with Crippen molar-refractivity contribution in [1.29, 1.82) is 0 Å². The number of ether oxygens (including phenoxy) is 1. The van der Waals surface area contributed by atoms with Gasteiger partial charge in [-0.1, -0.05) is 26.0 Å². The Kier molecular flexibility index (Phi) is 3.93. The second-order valence-corrected chi connectivity index (χ2v) is 9.29. The third-order valence-electron chi connectivity index (χ3n) is 8.11. The molecule has 0 aliphatic heterocycles.